The van der Waals surface area contributed by atoms with E-state index in [4.69, 9.17) is 4.74 Å². The number of aromatic nitrogens is 1. The van der Waals surface area contributed by atoms with Crippen molar-refractivity contribution in [2.45, 2.75) is 33.3 Å². The summed E-state index contributed by atoms with van der Waals surface area (Å²) in [5, 5.41) is 2.56. The number of hydrogen-bond acceptors (Lipinski definition) is 3. The minimum Gasteiger partial charge on any atom is -0.444 e. The van der Waals surface area contributed by atoms with Gasteiger partial charge >= 0.3 is 6.09 Å². The van der Waals surface area contributed by atoms with E-state index in [1.165, 1.54) is 0 Å². The zero-order valence-electron chi connectivity index (χ0n) is 10.7. The molecule has 4 heteroatoms. The van der Waals surface area contributed by atoms with Gasteiger partial charge in [-0.15, -0.1) is 0 Å². The Hall–Kier alpha value is -1.84. The van der Waals surface area contributed by atoms with Gasteiger partial charge in [-0.3, -0.25) is 5.32 Å². The number of carbonyl (C=O) groups excluding carboxylic acids is 1. The zero-order valence-corrected chi connectivity index (χ0v) is 10.7. The van der Waals surface area contributed by atoms with Crippen molar-refractivity contribution >= 4 is 17.5 Å². The second kappa shape index (κ2) is 4.99. The van der Waals surface area contributed by atoms with Gasteiger partial charge in [0.2, 0.25) is 0 Å². The van der Waals surface area contributed by atoms with Gasteiger partial charge in [0.05, 0.1) is 0 Å². The molecule has 1 rings (SSSR count). The van der Waals surface area contributed by atoms with Crippen LogP contribution < -0.4 is 5.32 Å². The number of pyridine rings is 1. The standard InChI is InChI=1S/C13H18N2O2/c1-9(2)10-6-7-11(14-8-10)15-12(16)17-13(3,4)5/h6-8H,1H2,2-5H3,(H,14,15,16). The van der Waals surface area contributed by atoms with Crippen molar-refractivity contribution in [2.24, 2.45) is 0 Å². The van der Waals surface area contributed by atoms with E-state index >= 15 is 0 Å². The van der Waals surface area contributed by atoms with Gasteiger partial charge in [-0.1, -0.05) is 6.58 Å². The summed E-state index contributed by atoms with van der Waals surface area (Å²) in [5.74, 6) is 0.462. The molecule has 0 aliphatic heterocycles. The maximum absolute atomic E-state index is 11.5. The Kier molecular flexibility index (Phi) is 3.89. The maximum atomic E-state index is 11.5. The largest absolute Gasteiger partial charge is 0.444 e. The van der Waals surface area contributed by atoms with Crippen LogP contribution in [0.15, 0.2) is 24.9 Å². The molecule has 92 valence electrons. The summed E-state index contributed by atoms with van der Waals surface area (Å²) < 4.78 is 5.11. The maximum Gasteiger partial charge on any atom is 0.413 e. The topological polar surface area (TPSA) is 51.2 Å². The Morgan fingerprint density at radius 2 is 2.06 bits per heavy atom. The average molecular weight is 234 g/mol. The summed E-state index contributed by atoms with van der Waals surface area (Å²) in [7, 11) is 0. The number of nitrogens with one attached hydrogen (secondary N) is 1. The van der Waals surface area contributed by atoms with Crippen molar-refractivity contribution in [3.05, 3.63) is 30.5 Å². The van der Waals surface area contributed by atoms with E-state index in [0.29, 0.717) is 5.82 Å². The lowest BCUT2D eigenvalue weighted by Gasteiger charge is -2.19. The number of hydrogen-bond donors (Lipinski definition) is 1. The van der Waals surface area contributed by atoms with Crippen molar-refractivity contribution in [1.82, 2.24) is 4.98 Å². The monoisotopic (exact) mass is 234 g/mol. The smallest absolute Gasteiger partial charge is 0.413 e. The molecule has 0 unspecified atom stereocenters. The van der Waals surface area contributed by atoms with Crippen molar-refractivity contribution in [3.8, 4) is 0 Å². The number of allylic oxidation sites excluding steroid dienone is 1. The minimum absolute atomic E-state index is 0.462. The lowest BCUT2D eigenvalue weighted by Crippen LogP contribution is -2.27. The van der Waals surface area contributed by atoms with Gasteiger partial charge in [0, 0.05) is 6.20 Å². The molecule has 1 amide bonds. The Bertz CT molecular complexity index is 416. The molecule has 1 heterocycles. The van der Waals surface area contributed by atoms with Gasteiger partial charge in [-0.05, 0) is 51.0 Å². The molecule has 0 bridgehead atoms. The number of ether oxygens (including phenoxy) is 1. The van der Waals surface area contributed by atoms with E-state index in [0.717, 1.165) is 11.1 Å². The summed E-state index contributed by atoms with van der Waals surface area (Å²) in [5.41, 5.74) is 1.36. The molecule has 4 nitrogen and oxygen atoms in total. The van der Waals surface area contributed by atoms with E-state index in [-0.39, 0.29) is 0 Å². The average Bonchev–Trinajstić information content (AvgIpc) is 2.15. The van der Waals surface area contributed by atoms with Gasteiger partial charge < -0.3 is 4.74 Å². The first-order chi connectivity index (χ1) is 7.78. The SMILES string of the molecule is C=C(C)c1ccc(NC(=O)OC(C)(C)C)nc1. The first kappa shape index (κ1) is 13.2. The Balaban J connectivity index is 2.64. The molecule has 0 aliphatic carbocycles. The lowest BCUT2D eigenvalue weighted by molar-refractivity contribution is 0.0635. The van der Waals surface area contributed by atoms with E-state index < -0.39 is 11.7 Å². The molecule has 0 atom stereocenters. The van der Waals surface area contributed by atoms with Gasteiger partial charge in [0.25, 0.3) is 0 Å². The van der Waals surface area contributed by atoms with Crippen LogP contribution in [0.1, 0.15) is 33.3 Å². The van der Waals surface area contributed by atoms with E-state index in [2.05, 4.69) is 16.9 Å². The molecule has 0 saturated heterocycles. The summed E-state index contributed by atoms with van der Waals surface area (Å²) in [6.07, 6.45) is 1.16. The lowest BCUT2D eigenvalue weighted by atomic mass is 10.1. The summed E-state index contributed by atoms with van der Waals surface area (Å²) in [4.78, 5) is 15.6. The molecule has 0 saturated carbocycles. The van der Waals surface area contributed by atoms with Crippen LogP contribution in [0, 0.1) is 0 Å². The van der Waals surface area contributed by atoms with E-state index in [1.54, 1.807) is 12.3 Å². The van der Waals surface area contributed by atoms with Crippen molar-refractivity contribution in [2.75, 3.05) is 5.32 Å². The number of anilines is 1. The normalized spacial score (nSPS) is 10.8. The first-order valence-electron chi connectivity index (χ1n) is 5.40. The molecule has 1 aromatic heterocycles. The third-order valence-corrected chi connectivity index (χ3v) is 1.89. The van der Waals surface area contributed by atoms with Gasteiger partial charge in [-0.2, -0.15) is 0 Å². The summed E-state index contributed by atoms with van der Waals surface area (Å²) in [6, 6.07) is 3.57. The van der Waals surface area contributed by atoms with Crippen molar-refractivity contribution < 1.29 is 9.53 Å². The fourth-order valence-corrected chi connectivity index (χ4v) is 1.13. The molecule has 0 aliphatic rings. The van der Waals surface area contributed by atoms with Crippen LogP contribution in [0.2, 0.25) is 0 Å². The van der Waals surface area contributed by atoms with Crippen LogP contribution in [-0.4, -0.2) is 16.7 Å². The Morgan fingerprint density at radius 1 is 1.41 bits per heavy atom. The van der Waals surface area contributed by atoms with E-state index in [9.17, 15) is 4.79 Å². The molecule has 0 radical (unpaired) electrons. The highest BCUT2D eigenvalue weighted by Crippen LogP contribution is 2.13. The van der Waals surface area contributed by atoms with Crippen LogP contribution in [0.3, 0.4) is 0 Å². The zero-order chi connectivity index (χ0) is 13.1. The molecular weight excluding hydrogens is 216 g/mol. The highest BCUT2D eigenvalue weighted by Gasteiger charge is 2.16. The highest BCUT2D eigenvalue weighted by atomic mass is 16.6. The summed E-state index contributed by atoms with van der Waals surface area (Å²) in [6.45, 7) is 11.1. The van der Waals surface area contributed by atoms with Gasteiger partial charge in [-0.25, -0.2) is 9.78 Å². The van der Waals surface area contributed by atoms with Crippen LogP contribution in [0.25, 0.3) is 5.57 Å². The van der Waals surface area contributed by atoms with Gasteiger partial charge in [0.1, 0.15) is 11.4 Å². The molecular formula is C13H18N2O2. The number of nitrogens with zero attached hydrogens (tertiary/aromatic N) is 1. The number of carbonyl (C=O) groups is 1. The fraction of sp³-hybridized carbons (Fsp3) is 0.385. The highest BCUT2D eigenvalue weighted by molar-refractivity contribution is 5.83. The van der Waals surface area contributed by atoms with Crippen molar-refractivity contribution in [3.63, 3.8) is 0 Å². The second-order valence-electron chi connectivity index (χ2n) is 4.84. The third kappa shape index (κ3) is 4.68. The third-order valence-electron chi connectivity index (χ3n) is 1.89. The second-order valence-corrected chi connectivity index (χ2v) is 4.84. The number of amides is 1. The molecule has 0 fully saturated rings. The minimum atomic E-state index is -0.512. The van der Waals surface area contributed by atoms with Crippen LogP contribution in [0.4, 0.5) is 10.6 Å². The predicted molar refractivity (Wildman–Crippen MR) is 68.8 cm³/mol. The van der Waals surface area contributed by atoms with E-state index in [1.807, 2.05) is 33.8 Å². The van der Waals surface area contributed by atoms with Gasteiger partial charge in [0.15, 0.2) is 0 Å². The number of rotatable bonds is 2. The molecule has 1 N–H and O–H groups in total. The Morgan fingerprint density at radius 3 is 2.47 bits per heavy atom. The predicted octanol–water partition coefficient (Wildman–Crippen LogP) is 3.46. The first-order valence-corrected chi connectivity index (χ1v) is 5.40. The molecule has 0 spiro atoms. The quantitative estimate of drug-likeness (QED) is 0.852. The van der Waals surface area contributed by atoms with Crippen LogP contribution in [-0.2, 0) is 4.74 Å². The fourth-order valence-electron chi connectivity index (χ4n) is 1.13. The molecule has 1 aromatic rings. The van der Waals surface area contributed by atoms with Crippen LogP contribution >= 0.6 is 0 Å². The molecule has 0 aromatic carbocycles. The van der Waals surface area contributed by atoms with Crippen LogP contribution in [0.5, 0.6) is 0 Å². The molecule has 17 heavy (non-hydrogen) atoms. The summed E-state index contributed by atoms with van der Waals surface area (Å²) >= 11 is 0. The van der Waals surface area contributed by atoms with Crippen molar-refractivity contribution in [1.29, 1.82) is 0 Å². The Labute approximate surface area is 102 Å².